The van der Waals surface area contributed by atoms with Gasteiger partial charge in [-0.3, -0.25) is 0 Å². The van der Waals surface area contributed by atoms with Crippen LogP contribution in [-0.4, -0.2) is 52.1 Å². The normalized spacial score (nSPS) is 14.6. The van der Waals surface area contributed by atoms with Crippen molar-refractivity contribution in [2.75, 3.05) is 33.4 Å². The Morgan fingerprint density at radius 2 is 1.69 bits per heavy atom. The van der Waals surface area contributed by atoms with Gasteiger partial charge in [0.15, 0.2) is 0 Å². The molecule has 7 nitrogen and oxygen atoms in total. The average molecular weight is 440 g/mol. The highest BCUT2D eigenvalue weighted by Gasteiger charge is 2.28. The summed E-state index contributed by atoms with van der Waals surface area (Å²) in [5, 5.41) is 0.131. The number of esters is 1. The first-order valence-electron chi connectivity index (χ1n) is 9.15. The van der Waals surface area contributed by atoms with Gasteiger partial charge >= 0.3 is 5.97 Å². The maximum Gasteiger partial charge on any atom is 0.339 e. The lowest BCUT2D eigenvalue weighted by atomic mass is 10.2. The van der Waals surface area contributed by atoms with E-state index in [9.17, 15) is 13.2 Å². The summed E-state index contributed by atoms with van der Waals surface area (Å²) in [6.07, 6.45) is 1.66. The van der Waals surface area contributed by atoms with E-state index in [0.717, 1.165) is 12.8 Å². The van der Waals surface area contributed by atoms with Gasteiger partial charge in [0.2, 0.25) is 10.0 Å². The van der Waals surface area contributed by atoms with Crippen LogP contribution in [0.4, 0.5) is 0 Å². The van der Waals surface area contributed by atoms with Crippen molar-refractivity contribution in [3.63, 3.8) is 0 Å². The largest absolute Gasteiger partial charge is 0.497 e. The van der Waals surface area contributed by atoms with Crippen molar-refractivity contribution >= 4 is 27.6 Å². The number of rotatable bonds is 8. The third-order valence-electron chi connectivity index (χ3n) is 4.51. The molecule has 0 bridgehead atoms. The van der Waals surface area contributed by atoms with Gasteiger partial charge in [0.1, 0.15) is 24.7 Å². The lowest BCUT2D eigenvalue weighted by molar-refractivity contribution is 0.0450. The molecule has 0 spiro atoms. The summed E-state index contributed by atoms with van der Waals surface area (Å²) >= 11 is 6.09. The summed E-state index contributed by atoms with van der Waals surface area (Å²) in [5.74, 6) is 0.618. The van der Waals surface area contributed by atoms with Gasteiger partial charge in [-0.15, -0.1) is 0 Å². The van der Waals surface area contributed by atoms with Crippen molar-refractivity contribution in [1.82, 2.24) is 4.31 Å². The number of halogens is 1. The highest BCUT2D eigenvalue weighted by atomic mass is 35.5. The van der Waals surface area contributed by atoms with E-state index in [-0.39, 0.29) is 28.7 Å². The van der Waals surface area contributed by atoms with Crippen LogP contribution in [0.1, 0.15) is 23.2 Å². The molecule has 1 saturated heterocycles. The minimum Gasteiger partial charge on any atom is -0.497 e. The minimum atomic E-state index is -3.65. The number of benzene rings is 2. The SMILES string of the molecule is COc1ccc(OCCOC(=O)c2cc(S(=O)(=O)N3CCCC3)ccc2Cl)cc1. The van der Waals surface area contributed by atoms with Gasteiger partial charge in [-0.2, -0.15) is 4.31 Å². The van der Waals surface area contributed by atoms with Gasteiger partial charge in [0.05, 0.1) is 22.6 Å². The summed E-state index contributed by atoms with van der Waals surface area (Å²) < 4.78 is 42.5. The summed E-state index contributed by atoms with van der Waals surface area (Å²) in [4.78, 5) is 12.4. The second kappa shape index (κ2) is 9.47. The first-order chi connectivity index (χ1) is 13.9. The third-order valence-corrected chi connectivity index (χ3v) is 6.73. The summed E-state index contributed by atoms with van der Waals surface area (Å²) in [6, 6.07) is 11.1. The van der Waals surface area contributed by atoms with Gasteiger partial charge in [0, 0.05) is 13.1 Å². The van der Waals surface area contributed by atoms with Crippen molar-refractivity contribution in [2.24, 2.45) is 0 Å². The van der Waals surface area contributed by atoms with Crippen molar-refractivity contribution in [3.05, 3.63) is 53.1 Å². The maximum absolute atomic E-state index is 12.7. The maximum atomic E-state index is 12.7. The number of sulfonamides is 1. The summed E-state index contributed by atoms with van der Waals surface area (Å²) in [7, 11) is -2.07. The van der Waals surface area contributed by atoms with Crippen LogP contribution in [0.3, 0.4) is 0 Å². The van der Waals surface area contributed by atoms with Gasteiger partial charge in [-0.1, -0.05) is 11.6 Å². The molecule has 2 aromatic carbocycles. The van der Waals surface area contributed by atoms with Gasteiger partial charge in [-0.25, -0.2) is 13.2 Å². The summed E-state index contributed by atoms with van der Waals surface area (Å²) in [6.45, 7) is 1.09. The molecule has 2 aromatic rings. The minimum absolute atomic E-state index is 0.00963. The Morgan fingerprint density at radius 1 is 1.03 bits per heavy atom. The monoisotopic (exact) mass is 439 g/mol. The smallest absolute Gasteiger partial charge is 0.339 e. The number of hydrogen-bond donors (Lipinski definition) is 0. The number of hydrogen-bond acceptors (Lipinski definition) is 6. The van der Waals surface area contributed by atoms with Crippen LogP contribution in [0.5, 0.6) is 11.5 Å². The molecule has 1 aliphatic rings. The first kappa shape index (κ1) is 21.4. The highest BCUT2D eigenvalue weighted by molar-refractivity contribution is 7.89. The number of nitrogens with zero attached hydrogens (tertiary/aromatic N) is 1. The van der Waals surface area contributed by atoms with Crippen LogP contribution < -0.4 is 9.47 Å². The van der Waals surface area contributed by atoms with E-state index in [2.05, 4.69) is 0 Å². The molecule has 3 rings (SSSR count). The Bertz CT molecular complexity index is 955. The van der Waals surface area contributed by atoms with Crippen molar-refractivity contribution in [1.29, 1.82) is 0 Å². The van der Waals surface area contributed by atoms with Gasteiger partial charge in [-0.05, 0) is 55.3 Å². The lowest BCUT2D eigenvalue weighted by Crippen LogP contribution is -2.28. The van der Waals surface area contributed by atoms with E-state index in [4.69, 9.17) is 25.8 Å². The van der Waals surface area contributed by atoms with Crippen molar-refractivity contribution in [2.45, 2.75) is 17.7 Å². The van der Waals surface area contributed by atoms with Gasteiger partial charge < -0.3 is 14.2 Å². The Kier molecular flexibility index (Phi) is 7.00. The number of methoxy groups -OCH3 is 1. The third kappa shape index (κ3) is 5.20. The van der Waals surface area contributed by atoms with E-state index in [1.165, 1.54) is 22.5 Å². The standard InChI is InChI=1S/C20H22ClNO6S/c1-26-15-4-6-16(7-5-15)27-12-13-28-20(23)18-14-17(8-9-19(18)21)29(24,25)22-10-2-3-11-22/h4-9,14H,2-3,10-13H2,1H3. The molecule has 29 heavy (non-hydrogen) atoms. The van der Waals surface area contributed by atoms with Crippen LogP contribution in [0.2, 0.25) is 5.02 Å². The number of carbonyl (C=O) groups is 1. The van der Waals surface area contributed by atoms with Crippen molar-refractivity contribution < 1.29 is 27.4 Å². The van der Waals surface area contributed by atoms with Crippen molar-refractivity contribution in [3.8, 4) is 11.5 Å². The Morgan fingerprint density at radius 3 is 2.34 bits per heavy atom. The summed E-state index contributed by atoms with van der Waals surface area (Å²) in [5.41, 5.74) is 0.0105. The van der Waals surface area contributed by atoms with E-state index >= 15 is 0 Å². The molecule has 0 amide bonds. The molecule has 0 radical (unpaired) electrons. The molecule has 156 valence electrons. The molecule has 0 unspecified atom stereocenters. The van der Waals surface area contributed by atoms with Crippen LogP contribution in [0.25, 0.3) is 0 Å². The number of carbonyl (C=O) groups excluding carboxylic acids is 1. The molecule has 0 aliphatic carbocycles. The predicted molar refractivity (Wildman–Crippen MR) is 108 cm³/mol. The Hall–Kier alpha value is -2.29. The van der Waals surface area contributed by atoms with Crippen LogP contribution in [0, 0.1) is 0 Å². The molecule has 9 heteroatoms. The fourth-order valence-electron chi connectivity index (χ4n) is 2.94. The van der Waals surface area contributed by atoms with E-state index < -0.39 is 16.0 Å². The topological polar surface area (TPSA) is 82.1 Å². The van der Waals surface area contributed by atoms with Crippen LogP contribution in [0.15, 0.2) is 47.4 Å². The predicted octanol–water partition coefficient (Wildman–Crippen LogP) is 3.37. The molecule has 1 heterocycles. The van der Waals surface area contributed by atoms with E-state index in [1.54, 1.807) is 31.4 Å². The zero-order chi connectivity index (χ0) is 20.9. The Balaban J connectivity index is 1.59. The fraction of sp³-hybridized carbons (Fsp3) is 0.350. The molecule has 1 fully saturated rings. The molecule has 0 atom stereocenters. The highest BCUT2D eigenvalue weighted by Crippen LogP contribution is 2.26. The van der Waals surface area contributed by atoms with Gasteiger partial charge in [0.25, 0.3) is 0 Å². The Labute approximate surface area is 175 Å². The zero-order valence-corrected chi connectivity index (χ0v) is 17.5. The average Bonchev–Trinajstić information content (AvgIpc) is 3.27. The van der Waals surface area contributed by atoms with Crippen LogP contribution in [-0.2, 0) is 14.8 Å². The molecule has 1 aliphatic heterocycles. The fourth-order valence-corrected chi connectivity index (χ4v) is 4.68. The molecule has 0 aromatic heterocycles. The number of ether oxygens (including phenoxy) is 3. The van der Waals surface area contributed by atoms with E-state index in [1.807, 2.05) is 0 Å². The molecular formula is C20H22ClNO6S. The molecule has 0 N–H and O–H groups in total. The van der Waals surface area contributed by atoms with E-state index in [0.29, 0.717) is 24.6 Å². The first-order valence-corrected chi connectivity index (χ1v) is 11.0. The lowest BCUT2D eigenvalue weighted by Gasteiger charge is -2.16. The molecule has 0 saturated carbocycles. The molecular weight excluding hydrogens is 418 g/mol. The van der Waals surface area contributed by atoms with Crippen LogP contribution >= 0.6 is 11.6 Å². The quantitative estimate of drug-likeness (QED) is 0.463. The second-order valence-corrected chi connectivity index (χ2v) is 8.76. The second-order valence-electron chi connectivity index (χ2n) is 6.41. The zero-order valence-electron chi connectivity index (χ0n) is 16.0.